The summed E-state index contributed by atoms with van der Waals surface area (Å²) in [6.45, 7) is 3.93. The molecule has 6 heteroatoms. The summed E-state index contributed by atoms with van der Waals surface area (Å²) in [6, 6.07) is 10.7. The molecule has 0 spiro atoms. The second kappa shape index (κ2) is 7.66. The number of carbonyl (C=O) groups is 1. The first-order valence-corrected chi connectivity index (χ1v) is 8.52. The number of rotatable bonds is 5. The van der Waals surface area contributed by atoms with Crippen LogP contribution in [-0.4, -0.2) is 37.7 Å². The molecule has 0 bridgehead atoms. The predicted molar refractivity (Wildman–Crippen MR) is 95.9 cm³/mol. The fourth-order valence-electron chi connectivity index (χ4n) is 2.81. The maximum absolute atomic E-state index is 13.0. The molecule has 3 rings (SSSR count). The Morgan fingerprint density at radius 3 is 2.80 bits per heavy atom. The Kier molecular flexibility index (Phi) is 5.34. The third kappa shape index (κ3) is 3.66. The number of amides is 1. The molecule has 25 heavy (non-hydrogen) atoms. The molecule has 5 nitrogen and oxygen atoms in total. The average molecular weight is 362 g/mol. The molecule has 0 saturated heterocycles. The number of halogens is 1. The normalized spacial score (nSPS) is 12.6. The van der Waals surface area contributed by atoms with Crippen molar-refractivity contribution in [2.24, 2.45) is 0 Å². The molecule has 0 aromatic heterocycles. The third-order valence-corrected chi connectivity index (χ3v) is 4.30. The van der Waals surface area contributed by atoms with Gasteiger partial charge in [0.1, 0.15) is 19.0 Å². The zero-order chi connectivity index (χ0) is 17.8. The zero-order valence-corrected chi connectivity index (χ0v) is 15.0. The standard InChI is InChI=1S/C19H20ClNO4/c1-3-21(19(22)15-11-14(20)7-8-16(15)23-2)12-13-5-4-6-17-18(13)25-10-9-24-17/h4-8,11H,3,9-10,12H2,1-2H3. The van der Waals surface area contributed by atoms with Gasteiger partial charge in [0.15, 0.2) is 11.5 Å². The highest BCUT2D eigenvalue weighted by atomic mass is 35.5. The number of carbonyl (C=O) groups excluding carboxylic acids is 1. The Morgan fingerprint density at radius 2 is 2.04 bits per heavy atom. The van der Waals surface area contributed by atoms with Gasteiger partial charge in [0.25, 0.3) is 5.91 Å². The van der Waals surface area contributed by atoms with Gasteiger partial charge in [-0.15, -0.1) is 0 Å². The van der Waals surface area contributed by atoms with E-state index >= 15 is 0 Å². The minimum absolute atomic E-state index is 0.142. The van der Waals surface area contributed by atoms with Gasteiger partial charge in [0, 0.05) is 23.7 Å². The topological polar surface area (TPSA) is 48.0 Å². The molecule has 132 valence electrons. The summed E-state index contributed by atoms with van der Waals surface area (Å²) < 4.78 is 16.7. The Bertz CT molecular complexity index is 778. The molecular weight excluding hydrogens is 342 g/mol. The maximum Gasteiger partial charge on any atom is 0.257 e. The highest BCUT2D eigenvalue weighted by Gasteiger charge is 2.22. The monoisotopic (exact) mass is 361 g/mol. The van der Waals surface area contributed by atoms with E-state index in [0.717, 1.165) is 5.56 Å². The first-order valence-electron chi connectivity index (χ1n) is 8.14. The van der Waals surface area contributed by atoms with Crippen LogP contribution >= 0.6 is 11.6 Å². The molecule has 1 aliphatic rings. The van der Waals surface area contributed by atoms with E-state index in [1.165, 1.54) is 7.11 Å². The van der Waals surface area contributed by atoms with Crippen LogP contribution in [-0.2, 0) is 6.54 Å². The van der Waals surface area contributed by atoms with Crippen LogP contribution in [0.1, 0.15) is 22.8 Å². The third-order valence-electron chi connectivity index (χ3n) is 4.07. The molecule has 0 unspecified atom stereocenters. The Morgan fingerprint density at radius 1 is 1.24 bits per heavy atom. The zero-order valence-electron chi connectivity index (χ0n) is 14.3. The number of ether oxygens (including phenoxy) is 3. The van der Waals surface area contributed by atoms with Gasteiger partial charge in [-0.25, -0.2) is 0 Å². The smallest absolute Gasteiger partial charge is 0.257 e. The number of hydrogen-bond acceptors (Lipinski definition) is 4. The molecule has 1 amide bonds. The van der Waals surface area contributed by atoms with Crippen molar-refractivity contribution in [2.75, 3.05) is 26.9 Å². The van der Waals surface area contributed by atoms with E-state index < -0.39 is 0 Å². The molecule has 1 aliphatic heterocycles. The van der Waals surface area contributed by atoms with Crippen LogP contribution in [0, 0.1) is 0 Å². The maximum atomic E-state index is 13.0. The molecule has 1 heterocycles. The molecule has 0 saturated carbocycles. The van der Waals surface area contributed by atoms with E-state index in [1.807, 2.05) is 25.1 Å². The highest BCUT2D eigenvalue weighted by Crippen LogP contribution is 2.34. The van der Waals surface area contributed by atoms with Crippen molar-refractivity contribution >= 4 is 17.5 Å². The van der Waals surface area contributed by atoms with Crippen molar-refractivity contribution < 1.29 is 19.0 Å². The molecule has 0 N–H and O–H groups in total. The summed E-state index contributed by atoms with van der Waals surface area (Å²) in [5, 5.41) is 0.494. The lowest BCUT2D eigenvalue weighted by Crippen LogP contribution is -2.31. The Hall–Kier alpha value is -2.40. The largest absolute Gasteiger partial charge is 0.496 e. The predicted octanol–water partition coefficient (Wildman–Crippen LogP) is 3.78. The number of nitrogens with zero attached hydrogens (tertiary/aromatic N) is 1. The Balaban J connectivity index is 1.89. The van der Waals surface area contributed by atoms with Crippen LogP contribution in [0.15, 0.2) is 36.4 Å². The summed E-state index contributed by atoms with van der Waals surface area (Å²) in [5.41, 5.74) is 1.35. The van der Waals surface area contributed by atoms with Crippen LogP contribution in [0.5, 0.6) is 17.2 Å². The molecule has 0 aliphatic carbocycles. The van der Waals surface area contributed by atoms with E-state index in [1.54, 1.807) is 23.1 Å². The van der Waals surface area contributed by atoms with Gasteiger partial charge in [-0.2, -0.15) is 0 Å². The minimum atomic E-state index is -0.142. The van der Waals surface area contributed by atoms with E-state index in [4.69, 9.17) is 25.8 Å². The van der Waals surface area contributed by atoms with Gasteiger partial charge in [-0.3, -0.25) is 4.79 Å². The first-order chi connectivity index (χ1) is 12.1. The van der Waals surface area contributed by atoms with Gasteiger partial charge in [0.05, 0.1) is 12.7 Å². The van der Waals surface area contributed by atoms with Crippen molar-refractivity contribution in [2.45, 2.75) is 13.5 Å². The van der Waals surface area contributed by atoms with Crippen LogP contribution in [0.4, 0.5) is 0 Å². The van der Waals surface area contributed by atoms with Gasteiger partial charge >= 0.3 is 0 Å². The quantitative estimate of drug-likeness (QED) is 0.813. The molecule has 2 aromatic rings. The van der Waals surface area contributed by atoms with Crippen LogP contribution in [0.2, 0.25) is 5.02 Å². The van der Waals surface area contributed by atoms with Gasteiger partial charge in [0.2, 0.25) is 0 Å². The summed E-state index contributed by atoms with van der Waals surface area (Å²) in [6.07, 6.45) is 0. The highest BCUT2D eigenvalue weighted by molar-refractivity contribution is 6.31. The van der Waals surface area contributed by atoms with E-state index in [-0.39, 0.29) is 5.91 Å². The number of fused-ring (bicyclic) bond motifs is 1. The molecule has 0 radical (unpaired) electrons. The Labute approximate surface area is 152 Å². The summed E-state index contributed by atoms with van der Waals surface area (Å²) in [7, 11) is 1.54. The SMILES string of the molecule is CCN(Cc1cccc2c1OCCO2)C(=O)c1cc(Cl)ccc1OC. The van der Waals surface area contributed by atoms with Crippen LogP contribution in [0.25, 0.3) is 0 Å². The first kappa shape index (κ1) is 17.4. The molecule has 0 atom stereocenters. The van der Waals surface area contributed by atoms with Gasteiger partial charge < -0.3 is 19.1 Å². The van der Waals surface area contributed by atoms with Gasteiger partial charge in [-0.1, -0.05) is 23.7 Å². The van der Waals surface area contributed by atoms with Crippen molar-refractivity contribution in [3.63, 3.8) is 0 Å². The lowest BCUT2D eigenvalue weighted by Gasteiger charge is -2.26. The average Bonchev–Trinajstić information content (AvgIpc) is 2.65. The number of hydrogen-bond donors (Lipinski definition) is 0. The molecular formula is C19H20ClNO4. The van der Waals surface area contributed by atoms with E-state index in [2.05, 4.69) is 0 Å². The number of para-hydroxylation sites is 1. The minimum Gasteiger partial charge on any atom is -0.496 e. The second-order valence-electron chi connectivity index (χ2n) is 5.61. The van der Waals surface area contributed by atoms with E-state index in [0.29, 0.717) is 54.1 Å². The van der Waals surface area contributed by atoms with Crippen molar-refractivity contribution in [3.8, 4) is 17.2 Å². The number of benzene rings is 2. The van der Waals surface area contributed by atoms with Crippen molar-refractivity contribution in [1.82, 2.24) is 4.90 Å². The van der Waals surface area contributed by atoms with Gasteiger partial charge in [-0.05, 0) is 31.2 Å². The van der Waals surface area contributed by atoms with Crippen LogP contribution in [0.3, 0.4) is 0 Å². The summed E-state index contributed by atoms with van der Waals surface area (Å²) in [4.78, 5) is 14.7. The number of methoxy groups -OCH3 is 1. The molecule has 0 fully saturated rings. The fraction of sp³-hybridized carbons (Fsp3) is 0.316. The van der Waals surface area contributed by atoms with Crippen molar-refractivity contribution in [3.05, 3.63) is 52.5 Å². The fourth-order valence-corrected chi connectivity index (χ4v) is 2.98. The second-order valence-corrected chi connectivity index (χ2v) is 6.04. The summed E-state index contributed by atoms with van der Waals surface area (Å²) >= 11 is 6.06. The lowest BCUT2D eigenvalue weighted by molar-refractivity contribution is 0.0745. The molecule has 2 aromatic carbocycles. The summed E-state index contributed by atoms with van der Waals surface area (Å²) in [5.74, 6) is 1.78. The van der Waals surface area contributed by atoms with Crippen LogP contribution < -0.4 is 14.2 Å². The van der Waals surface area contributed by atoms with E-state index in [9.17, 15) is 4.79 Å². The van der Waals surface area contributed by atoms with Crippen molar-refractivity contribution in [1.29, 1.82) is 0 Å². The lowest BCUT2D eigenvalue weighted by atomic mass is 10.1.